The van der Waals surface area contributed by atoms with Crippen LogP contribution in [0.4, 0.5) is 0 Å². The zero-order valence-corrected chi connectivity index (χ0v) is 20.8. The van der Waals surface area contributed by atoms with Gasteiger partial charge >= 0.3 is 0 Å². The van der Waals surface area contributed by atoms with Crippen molar-refractivity contribution in [2.24, 2.45) is 0 Å². The minimum Gasteiger partial charge on any atom is -0.336 e. The van der Waals surface area contributed by atoms with Gasteiger partial charge in [-0.25, -0.2) is 4.98 Å². The minimum atomic E-state index is 0.100. The summed E-state index contributed by atoms with van der Waals surface area (Å²) in [5, 5.41) is 9.05. The molecule has 1 aliphatic heterocycles. The number of amides is 1. The number of carbonyl (C=O) groups excluding carboxylic acids is 1. The highest BCUT2D eigenvalue weighted by atomic mass is 16.2. The van der Waals surface area contributed by atoms with Gasteiger partial charge in [-0.3, -0.25) is 19.1 Å². The molecule has 1 aliphatic carbocycles. The van der Waals surface area contributed by atoms with Crippen molar-refractivity contribution < 1.29 is 4.79 Å². The normalized spacial score (nSPS) is 15.8. The molecule has 0 unspecified atom stereocenters. The second kappa shape index (κ2) is 10.3. The quantitative estimate of drug-likeness (QED) is 0.418. The molecule has 7 nitrogen and oxygen atoms in total. The van der Waals surface area contributed by atoms with Crippen molar-refractivity contribution in [3.8, 4) is 28.6 Å². The Hall–Kier alpha value is -4.02. The summed E-state index contributed by atoms with van der Waals surface area (Å²) in [6.45, 7) is 7.55. The number of hydrogen-bond donors (Lipinski definition) is 0. The van der Waals surface area contributed by atoms with Crippen molar-refractivity contribution >= 4 is 11.6 Å². The average Bonchev–Trinajstić information content (AvgIpc) is 3.73. The van der Waals surface area contributed by atoms with Gasteiger partial charge in [0.15, 0.2) is 5.65 Å². The van der Waals surface area contributed by atoms with Gasteiger partial charge in [0.2, 0.25) is 0 Å². The van der Waals surface area contributed by atoms with Gasteiger partial charge in [-0.2, -0.15) is 5.26 Å². The molecule has 182 valence electrons. The van der Waals surface area contributed by atoms with Crippen molar-refractivity contribution in [1.29, 1.82) is 5.26 Å². The molecule has 1 saturated heterocycles. The number of nitriles is 1. The van der Waals surface area contributed by atoms with E-state index >= 15 is 0 Å². The zero-order chi connectivity index (χ0) is 25.1. The molecule has 3 heterocycles. The summed E-state index contributed by atoms with van der Waals surface area (Å²) in [7, 11) is 0. The molecule has 6 rings (SSSR count). The van der Waals surface area contributed by atoms with E-state index in [1.165, 1.54) is 12.8 Å². The lowest BCUT2D eigenvalue weighted by Crippen LogP contribution is -2.49. The molecule has 2 fully saturated rings. The van der Waals surface area contributed by atoms with E-state index in [0.717, 1.165) is 60.4 Å². The number of aromatic nitrogens is 3. The largest absolute Gasteiger partial charge is 0.336 e. The van der Waals surface area contributed by atoms with Crippen molar-refractivity contribution in [3.63, 3.8) is 0 Å². The third-order valence-electron chi connectivity index (χ3n) is 6.80. The molecule has 36 heavy (non-hydrogen) atoms. The van der Waals surface area contributed by atoms with Gasteiger partial charge in [-0.05, 0) is 37.1 Å². The van der Waals surface area contributed by atoms with Gasteiger partial charge in [0.1, 0.15) is 0 Å². The van der Waals surface area contributed by atoms with Crippen molar-refractivity contribution in [2.45, 2.75) is 32.7 Å². The first-order valence-electron chi connectivity index (χ1n) is 12.7. The Morgan fingerprint density at radius 1 is 0.889 bits per heavy atom. The van der Waals surface area contributed by atoms with Crippen LogP contribution in [0.2, 0.25) is 0 Å². The standard InChI is InChI=1S/C27H24N6O.C2H6/c28-15-19-1-3-21(4-2-19)25-16-30-26-17-29-24(18-33(25)26)20-5-7-22(8-6-20)27(34)32-13-11-31(12-14-32)23-9-10-23;1-2/h1-8,16-18,23H,9-14H2;1-2H3. The lowest BCUT2D eigenvalue weighted by Gasteiger charge is -2.34. The smallest absolute Gasteiger partial charge is 0.253 e. The molecule has 0 atom stereocenters. The van der Waals surface area contributed by atoms with Gasteiger partial charge in [0.05, 0.1) is 35.4 Å². The van der Waals surface area contributed by atoms with Crippen LogP contribution in [0.15, 0.2) is 67.1 Å². The molecule has 0 bridgehead atoms. The van der Waals surface area contributed by atoms with Crippen molar-refractivity contribution in [2.75, 3.05) is 26.2 Å². The molecule has 1 amide bonds. The molecule has 2 aromatic heterocycles. The van der Waals surface area contributed by atoms with Crippen LogP contribution in [-0.4, -0.2) is 62.3 Å². The van der Waals surface area contributed by atoms with Gasteiger partial charge in [0.25, 0.3) is 5.91 Å². The number of piperazine rings is 1. The molecular weight excluding hydrogens is 448 g/mol. The van der Waals surface area contributed by atoms with E-state index in [-0.39, 0.29) is 5.91 Å². The summed E-state index contributed by atoms with van der Waals surface area (Å²) in [6.07, 6.45) is 8.14. The zero-order valence-electron chi connectivity index (χ0n) is 20.8. The molecule has 1 saturated carbocycles. The summed E-state index contributed by atoms with van der Waals surface area (Å²) in [5.41, 5.74) is 5.74. The summed E-state index contributed by atoms with van der Waals surface area (Å²) in [6, 6.07) is 18.1. The van der Waals surface area contributed by atoms with Gasteiger partial charge < -0.3 is 4.90 Å². The number of hydrogen-bond acceptors (Lipinski definition) is 5. The van der Waals surface area contributed by atoms with Crippen LogP contribution in [0.25, 0.3) is 28.2 Å². The third kappa shape index (κ3) is 4.73. The maximum atomic E-state index is 13.0. The van der Waals surface area contributed by atoms with Crippen LogP contribution in [0.5, 0.6) is 0 Å². The van der Waals surface area contributed by atoms with Crippen LogP contribution in [0.1, 0.15) is 42.6 Å². The highest BCUT2D eigenvalue weighted by Crippen LogP contribution is 2.28. The first-order chi connectivity index (χ1) is 17.7. The average molecular weight is 479 g/mol. The molecule has 2 aromatic carbocycles. The fourth-order valence-electron chi connectivity index (χ4n) is 4.66. The van der Waals surface area contributed by atoms with Crippen molar-refractivity contribution in [3.05, 3.63) is 78.2 Å². The molecule has 4 aromatic rings. The maximum absolute atomic E-state index is 13.0. The Kier molecular flexibility index (Phi) is 6.79. The van der Waals surface area contributed by atoms with E-state index < -0.39 is 0 Å². The molecular formula is C29H30N6O. The number of nitrogens with zero attached hydrogens (tertiary/aromatic N) is 6. The highest BCUT2D eigenvalue weighted by Gasteiger charge is 2.32. The van der Waals surface area contributed by atoms with Crippen LogP contribution >= 0.6 is 0 Å². The minimum absolute atomic E-state index is 0.100. The predicted molar refractivity (Wildman–Crippen MR) is 140 cm³/mol. The fourth-order valence-corrected chi connectivity index (χ4v) is 4.66. The fraction of sp³-hybridized carbons (Fsp3) is 0.310. The van der Waals surface area contributed by atoms with Crippen LogP contribution < -0.4 is 0 Å². The van der Waals surface area contributed by atoms with Crippen molar-refractivity contribution in [1.82, 2.24) is 24.2 Å². The van der Waals surface area contributed by atoms with Gasteiger partial charge in [-0.15, -0.1) is 0 Å². The summed E-state index contributed by atoms with van der Waals surface area (Å²) in [4.78, 5) is 26.5. The van der Waals surface area contributed by atoms with E-state index in [1.807, 2.05) is 71.9 Å². The molecule has 0 radical (unpaired) electrons. The topological polar surface area (TPSA) is 77.5 Å². The van der Waals surface area contributed by atoms with E-state index in [1.54, 1.807) is 18.3 Å². The van der Waals surface area contributed by atoms with E-state index in [2.05, 4.69) is 20.9 Å². The number of benzene rings is 2. The van der Waals surface area contributed by atoms with Crippen LogP contribution in [0, 0.1) is 11.3 Å². The van der Waals surface area contributed by atoms with Gasteiger partial charge in [-0.1, -0.05) is 38.1 Å². The number of rotatable bonds is 4. The first-order valence-corrected chi connectivity index (χ1v) is 12.7. The lowest BCUT2D eigenvalue weighted by atomic mass is 10.1. The summed E-state index contributed by atoms with van der Waals surface area (Å²) >= 11 is 0. The predicted octanol–water partition coefficient (Wildman–Crippen LogP) is 4.88. The molecule has 0 spiro atoms. The van der Waals surface area contributed by atoms with E-state index in [4.69, 9.17) is 5.26 Å². The summed E-state index contributed by atoms with van der Waals surface area (Å²) in [5.74, 6) is 0.100. The second-order valence-corrected chi connectivity index (χ2v) is 8.97. The van der Waals surface area contributed by atoms with E-state index in [9.17, 15) is 4.79 Å². The molecule has 2 aliphatic rings. The van der Waals surface area contributed by atoms with Crippen LogP contribution in [0.3, 0.4) is 0 Å². The third-order valence-corrected chi connectivity index (χ3v) is 6.80. The van der Waals surface area contributed by atoms with E-state index in [0.29, 0.717) is 11.1 Å². The molecule has 7 heteroatoms. The van der Waals surface area contributed by atoms with Gasteiger partial charge in [0, 0.05) is 55.1 Å². The monoisotopic (exact) mass is 478 g/mol. The lowest BCUT2D eigenvalue weighted by molar-refractivity contribution is 0.0627. The SMILES string of the molecule is CC.N#Cc1ccc(-c2cnc3cnc(-c4ccc(C(=O)N5CCN(C6CC6)CC5)cc4)cn23)cc1. The number of fused-ring (bicyclic) bond motifs is 1. The number of imidazole rings is 1. The van der Waals surface area contributed by atoms with Crippen LogP contribution in [-0.2, 0) is 0 Å². The first kappa shape index (κ1) is 23.7. The second-order valence-electron chi connectivity index (χ2n) is 8.97. The Morgan fingerprint density at radius 2 is 1.56 bits per heavy atom. The Bertz CT molecular complexity index is 1390. The maximum Gasteiger partial charge on any atom is 0.253 e. The Morgan fingerprint density at radius 3 is 2.19 bits per heavy atom. The number of carbonyl (C=O) groups is 1. The summed E-state index contributed by atoms with van der Waals surface area (Å²) < 4.78 is 2.00. The highest BCUT2D eigenvalue weighted by molar-refractivity contribution is 5.94. The Balaban J connectivity index is 0.00000130. The Labute approximate surface area is 211 Å². The molecule has 0 N–H and O–H groups in total.